The van der Waals surface area contributed by atoms with Gasteiger partial charge in [-0.05, 0) is 50.3 Å². The normalized spacial score (nSPS) is 17.4. The molecule has 0 aliphatic carbocycles. The number of hydrogen-bond acceptors (Lipinski definition) is 4. The standard InChI is InChI=1S/C18H23N3O3/c22-18(20-9-4-8-16-7-1-2-11-23-16)21-15-6-3-5-14(13-15)17-19-10-12-24-17/h3,5-6,10,12-13,16H,1-2,4,7-9,11H2,(H2,20,21,22). The molecule has 3 rings (SSSR count). The van der Waals surface area contributed by atoms with Crippen molar-refractivity contribution in [3.8, 4) is 11.5 Å². The minimum atomic E-state index is -0.205. The van der Waals surface area contributed by atoms with Gasteiger partial charge in [0.2, 0.25) is 5.89 Å². The minimum Gasteiger partial charge on any atom is -0.445 e. The van der Waals surface area contributed by atoms with Crippen LogP contribution in [0.2, 0.25) is 0 Å². The molecule has 1 aromatic heterocycles. The van der Waals surface area contributed by atoms with Crippen LogP contribution in [0.1, 0.15) is 32.1 Å². The van der Waals surface area contributed by atoms with E-state index in [4.69, 9.17) is 9.15 Å². The summed E-state index contributed by atoms with van der Waals surface area (Å²) in [6, 6.07) is 7.21. The Hall–Kier alpha value is -2.34. The van der Waals surface area contributed by atoms with Crippen LogP contribution in [0, 0.1) is 0 Å². The molecule has 2 heterocycles. The highest BCUT2D eigenvalue weighted by Crippen LogP contribution is 2.21. The van der Waals surface area contributed by atoms with Gasteiger partial charge < -0.3 is 19.8 Å². The highest BCUT2D eigenvalue weighted by molar-refractivity contribution is 5.89. The second kappa shape index (κ2) is 8.49. The van der Waals surface area contributed by atoms with Gasteiger partial charge >= 0.3 is 6.03 Å². The van der Waals surface area contributed by atoms with Gasteiger partial charge in [-0.25, -0.2) is 9.78 Å². The monoisotopic (exact) mass is 329 g/mol. The van der Waals surface area contributed by atoms with Crippen LogP contribution < -0.4 is 10.6 Å². The molecule has 2 amide bonds. The molecule has 1 atom stereocenters. The van der Waals surface area contributed by atoms with E-state index >= 15 is 0 Å². The number of rotatable bonds is 6. The molecule has 6 nitrogen and oxygen atoms in total. The second-order valence-electron chi connectivity index (χ2n) is 5.93. The molecule has 1 aliphatic rings. The molecule has 2 N–H and O–H groups in total. The summed E-state index contributed by atoms with van der Waals surface area (Å²) >= 11 is 0. The Morgan fingerprint density at radius 3 is 3.08 bits per heavy atom. The number of benzene rings is 1. The third kappa shape index (κ3) is 4.83. The zero-order chi connectivity index (χ0) is 16.6. The SMILES string of the molecule is O=C(NCCCC1CCCCO1)Nc1cccc(-c2ncco2)c1. The van der Waals surface area contributed by atoms with Crippen LogP contribution in [-0.4, -0.2) is 30.3 Å². The van der Waals surface area contributed by atoms with Gasteiger partial charge in [0.1, 0.15) is 6.26 Å². The van der Waals surface area contributed by atoms with E-state index in [1.54, 1.807) is 6.20 Å². The van der Waals surface area contributed by atoms with E-state index in [1.807, 2.05) is 24.3 Å². The summed E-state index contributed by atoms with van der Waals surface area (Å²) in [5, 5.41) is 5.71. The number of nitrogens with zero attached hydrogens (tertiary/aromatic N) is 1. The molecular weight excluding hydrogens is 306 g/mol. The van der Waals surface area contributed by atoms with Gasteiger partial charge in [0.05, 0.1) is 12.3 Å². The Labute approximate surface area is 141 Å². The summed E-state index contributed by atoms with van der Waals surface area (Å²) in [6.45, 7) is 1.52. The van der Waals surface area contributed by atoms with Gasteiger partial charge in [-0.15, -0.1) is 0 Å². The third-order valence-electron chi connectivity index (χ3n) is 4.06. The molecule has 2 aromatic rings. The molecule has 1 unspecified atom stereocenters. The average molecular weight is 329 g/mol. The fraction of sp³-hybridized carbons (Fsp3) is 0.444. The van der Waals surface area contributed by atoms with Gasteiger partial charge in [0.15, 0.2) is 0 Å². The predicted molar refractivity (Wildman–Crippen MR) is 91.8 cm³/mol. The lowest BCUT2D eigenvalue weighted by Crippen LogP contribution is -2.30. The molecule has 6 heteroatoms. The van der Waals surface area contributed by atoms with Crippen molar-refractivity contribution in [1.82, 2.24) is 10.3 Å². The van der Waals surface area contributed by atoms with Crippen LogP contribution in [0.15, 0.2) is 41.1 Å². The molecule has 0 bridgehead atoms. The highest BCUT2D eigenvalue weighted by Gasteiger charge is 2.13. The first-order valence-corrected chi connectivity index (χ1v) is 8.47. The number of oxazole rings is 1. The lowest BCUT2D eigenvalue weighted by molar-refractivity contribution is 0.0103. The Morgan fingerprint density at radius 1 is 1.33 bits per heavy atom. The number of amides is 2. The molecule has 24 heavy (non-hydrogen) atoms. The van der Waals surface area contributed by atoms with E-state index in [2.05, 4.69) is 15.6 Å². The predicted octanol–water partition coefficient (Wildman–Crippen LogP) is 3.81. The fourth-order valence-electron chi connectivity index (χ4n) is 2.84. The van der Waals surface area contributed by atoms with E-state index in [0.717, 1.165) is 31.4 Å². The highest BCUT2D eigenvalue weighted by atomic mass is 16.5. The van der Waals surface area contributed by atoms with E-state index in [1.165, 1.54) is 19.1 Å². The van der Waals surface area contributed by atoms with Crippen molar-refractivity contribution < 1.29 is 13.9 Å². The van der Waals surface area contributed by atoms with Gasteiger partial charge in [-0.3, -0.25) is 0 Å². The largest absolute Gasteiger partial charge is 0.445 e. The first kappa shape index (κ1) is 16.5. The van der Waals surface area contributed by atoms with Crippen LogP contribution in [0.3, 0.4) is 0 Å². The van der Waals surface area contributed by atoms with E-state index in [-0.39, 0.29) is 6.03 Å². The smallest absolute Gasteiger partial charge is 0.319 e. The number of carbonyl (C=O) groups excluding carboxylic acids is 1. The van der Waals surface area contributed by atoms with Crippen LogP contribution in [0.25, 0.3) is 11.5 Å². The molecule has 128 valence electrons. The molecular formula is C18H23N3O3. The Bertz CT molecular complexity index is 637. The number of nitrogens with one attached hydrogen (secondary N) is 2. The lowest BCUT2D eigenvalue weighted by atomic mass is 10.0. The van der Waals surface area contributed by atoms with E-state index in [0.29, 0.717) is 24.2 Å². The minimum absolute atomic E-state index is 0.205. The quantitative estimate of drug-likeness (QED) is 0.790. The molecule has 1 aliphatic heterocycles. The lowest BCUT2D eigenvalue weighted by Gasteiger charge is -2.22. The summed E-state index contributed by atoms with van der Waals surface area (Å²) in [6.07, 6.45) is 8.97. The number of ether oxygens (including phenoxy) is 1. The molecule has 1 fully saturated rings. The molecule has 0 saturated carbocycles. The number of hydrogen-bond donors (Lipinski definition) is 2. The summed E-state index contributed by atoms with van der Waals surface area (Å²) in [7, 11) is 0. The van der Waals surface area contributed by atoms with Crippen molar-refractivity contribution in [2.24, 2.45) is 0 Å². The summed E-state index contributed by atoms with van der Waals surface area (Å²) in [4.78, 5) is 16.1. The topological polar surface area (TPSA) is 76.4 Å². The molecule has 0 radical (unpaired) electrons. The van der Waals surface area contributed by atoms with Gasteiger partial charge in [0, 0.05) is 24.4 Å². The van der Waals surface area contributed by atoms with Crippen molar-refractivity contribution in [2.45, 2.75) is 38.2 Å². The van der Waals surface area contributed by atoms with Crippen molar-refractivity contribution in [3.05, 3.63) is 36.7 Å². The summed E-state index contributed by atoms with van der Waals surface area (Å²) in [5.41, 5.74) is 1.53. The third-order valence-corrected chi connectivity index (χ3v) is 4.06. The zero-order valence-corrected chi connectivity index (χ0v) is 13.7. The second-order valence-corrected chi connectivity index (χ2v) is 5.93. The first-order chi connectivity index (χ1) is 11.8. The van der Waals surface area contributed by atoms with Crippen molar-refractivity contribution in [3.63, 3.8) is 0 Å². The summed E-state index contributed by atoms with van der Waals surface area (Å²) < 4.78 is 11.0. The van der Waals surface area contributed by atoms with Crippen molar-refractivity contribution in [2.75, 3.05) is 18.5 Å². The van der Waals surface area contributed by atoms with Gasteiger partial charge in [0.25, 0.3) is 0 Å². The fourth-order valence-corrected chi connectivity index (χ4v) is 2.84. The van der Waals surface area contributed by atoms with E-state index in [9.17, 15) is 4.79 Å². The van der Waals surface area contributed by atoms with Gasteiger partial charge in [-0.1, -0.05) is 6.07 Å². The number of carbonyl (C=O) groups is 1. The maximum atomic E-state index is 12.0. The molecule has 0 spiro atoms. The summed E-state index contributed by atoms with van der Waals surface area (Å²) in [5.74, 6) is 0.534. The number of anilines is 1. The number of urea groups is 1. The number of aromatic nitrogens is 1. The average Bonchev–Trinajstić information content (AvgIpc) is 3.15. The van der Waals surface area contributed by atoms with E-state index < -0.39 is 0 Å². The maximum Gasteiger partial charge on any atom is 0.319 e. The molecule has 1 saturated heterocycles. The van der Waals surface area contributed by atoms with Crippen LogP contribution >= 0.6 is 0 Å². The molecule has 1 aromatic carbocycles. The van der Waals surface area contributed by atoms with Gasteiger partial charge in [-0.2, -0.15) is 0 Å². The first-order valence-electron chi connectivity index (χ1n) is 8.47. The van der Waals surface area contributed by atoms with Crippen molar-refractivity contribution >= 4 is 11.7 Å². The van der Waals surface area contributed by atoms with Crippen molar-refractivity contribution in [1.29, 1.82) is 0 Å². The Kier molecular flexibility index (Phi) is 5.85. The maximum absolute atomic E-state index is 12.0. The van der Waals surface area contributed by atoms with Crippen LogP contribution in [-0.2, 0) is 4.74 Å². The van der Waals surface area contributed by atoms with Crippen LogP contribution in [0.5, 0.6) is 0 Å². The Balaban J connectivity index is 1.41. The van der Waals surface area contributed by atoms with Crippen LogP contribution in [0.4, 0.5) is 10.5 Å². The zero-order valence-electron chi connectivity index (χ0n) is 13.7. The Morgan fingerprint density at radius 2 is 2.29 bits per heavy atom.